The summed E-state index contributed by atoms with van der Waals surface area (Å²) >= 11 is 7.41. The van der Waals surface area contributed by atoms with Gasteiger partial charge in [0.25, 0.3) is 11.8 Å². The van der Waals surface area contributed by atoms with Crippen LogP contribution in [-0.2, 0) is 6.54 Å². The Hall–Kier alpha value is -2.67. The quantitative estimate of drug-likeness (QED) is 0.513. The predicted octanol–water partition coefficient (Wildman–Crippen LogP) is 5.36. The summed E-state index contributed by atoms with van der Waals surface area (Å²) in [6.45, 7) is 4.65. The normalized spacial score (nSPS) is 16.5. The first-order valence-corrected chi connectivity index (χ1v) is 11.9. The topological polar surface area (TPSA) is 61.4 Å². The number of anilines is 1. The van der Waals surface area contributed by atoms with E-state index in [1.807, 2.05) is 19.1 Å². The van der Waals surface area contributed by atoms with Gasteiger partial charge in [-0.3, -0.25) is 14.5 Å². The average molecular weight is 468 g/mol. The molecule has 1 aromatic heterocycles. The lowest BCUT2D eigenvalue weighted by atomic mass is 10.0. The molecule has 1 fully saturated rings. The van der Waals surface area contributed by atoms with E-state index < -0.39 is 0 Å². The number of rotatable bonds is 6. The van der Waals surface area contributed by atoms with Crippen LogP contribution >= 0.6 is 22.9 Å². The maximum Gasteiger partial charge on any atom is 0.261 e. The zero-order valence-electron chi connectivity index (χ0n) is 17.9. The molecule has 1 aliphatic rings. The minimum Gasteiger partial charge on any atom is -0.347 e. The van der Waals surface area contributed by atoms with Gasteiger partial charge in [-0.15, -0.1) is 11.3 Å². The fraction of sp³-hybridized carbons (Fsp3) is 0.280. The van der Waals surface area contributed by atoms with Gasteiger partial charge in [-0.25, -0.2) is 0 Å². The molecule has 7 heteroatoms. The Morgan fingerprint density at radius 1 is 1.09 bits per heavy atom. The van der Waals surface area contributed by atoms with E-state index in [-0.39, 0.29) is 17.9 Å². The number of amides is 2. The number of thiophene rings is 1. The number of aryl methyl sites for hydroxylation is 1. The van der Waals surface area contributed by atoms with Crippen molar-refractivity contribution in [2.24, 2.45) is 0 Å². The molecule has 3 aromatic rings. The van der Waals surface area contributed by atoms with E-state index in [0.29, 0.717) is 20.5 Å². The summed E-state index contributed by atoms with van der Waals surface area (Å²) in [5.41, 5.74) is 2.54. The van der Waals surface area contributed by atoms with Crippen LogP contribution in [0, 0.1) is 6.92 Å². The van der Waals surface area contributed by atoms with Crippen LogP contribution in [0.2, 0.25) is 5.02 Å². The molecule has 0 bridgehead atoms. The number of nitrogens with one attached hydrogen (secondary N) is 2. The van der Waals surface area contributed by atoms with Gasteiger partial charge in [0.1, 0.15) is 0 Å². The smallest absolute Gasteiger partial charge is 0.261 e. The van der Waals surface area contributed by atoms with Crippen molar-refractivity contribution < 1.29 is 9.59 Å². The number of carbonyl (C=O) groups is 2. The molecular weight excluding hydrogens is 442 g/mol. The fourth-order valence-corrected chi connectivity index (χ4v) is 5.20. The molecule has 2 N–H and O–H groups in total. The molecular formula is C25H26ClN3O2S. The lowest BCUT2D eigenvalue weighted by Gasteiger charge is -2.33. The molecule has 1 unspecified atom stereocenters. The second-order valence-corrected chi connectivity index (χ2v) is 9.55. The number of carbonyl (C=O) groups excluding carboxylic acids is 2. The highest BCUT2D eigenvalue weighted by Gasteiger charge is 2.24. The van der Waals surface area contributed by atoms with Gasteiger partial charge >= 0.3 is 0 Å². The van der Waals surface area contributed by atoms with Crippen molar-refractivity contribution in [2.75, 3.05) is 18.4 Å². The molecule has 0 spiro atoms. The number of nitrogens with zero attached hydrogens (tertiary/aromatic N) is 1. The zero-order valence-corrected chi connectivity index (χ0v) is 19.5. The number of hydrogen-bond acceptors (Lipinski definition) is 4. The highest BCUT2D eigenvalue weighted by molar-refractivity contribution is 7.18. The first-order valence-electron chi connectivity index (χ1n) is 10.7. The van der Waals surface area contributed by atoms with E-state index in [2.05, 4.69) is 39.8 Å². The van der Waals surface area contributed by atoms with E-state index in [1.54, 1.807) is 24.3 Å². The summed E-state index contributed by atoms with van der Waals surface area (Å²) in [4.78, 5) is 28.5. The summed E-state index contributed by atoms with van der Waals surface area (Å²) in [6.07, 6.45) is 2.03. The molecule has 0 saturated carbocycles. The Morgan fingerprint density at radius 2 is 1.84 bits per heavy atom. The fourth-order valence-electron chi connectivity index (χ4n) is 4.00. The Morgan fingerprint density at radius 3 is 2.62 bits per heavy atom. The molecule has 0 aliphatic carbocycles. The van der Waals surface area contributed by atoms with E-state index in [9.17, 15) is 9.59 Å². The van der Waals surface area contributed by atoms with E-state index >= 15 is 0 Å². The maximum absolute atomic E-state index is 13.0. The van der Waals surface area contributed by atoms with Crippen LogP contribution in [0.4, 0.5) is 5.00 Å². The Labute approximate surface area is 197 Å². The maximum atomic E-state index is 13.0. The first kappa shape index (κ1) is 22.5. The Kier molecular flexibility index (Phi) is 7.25. The van der Waals surface area contributed by atoms with Gasteiger partial charge in [0.2, 0.25) is 0 Å². The van der Waals surface area contributed by atoms with Crippen LogP contribution in [0.15, 0.2) is 60.7 Å². The molecule has 2 heterocycles. The van der Waals surface area contributed by atoms with Gasteiger partial charge in [0, 0.05) is 19.1 Å². The standard InChI is InChI=1S/C25H26ClN3O2S/c1-17-14-22(28-24(30)20-11-5-6-12-21(20)26)32-23(17)25(31)27-19-10-7-13-29(16-19)15-18-8-3-2-4-9-18/h2-6,8-9,11-12,14,19H,7,10,13,15-16H2,1H3,(H,27,31)(H,28,30). The van der Waals surface area contributed by atoms with Crippen molar-refractivity contribution >= 4 is 39.8 Å². The van der Waals surface area contributed by atoms with Gasteiger partial charge in [0.15, 0.2) is 0 Å². The van der Waals surface area contributed by atoms with Crippen LogP contribution in [-0.4, -0.2) is 35.8 Å². The third-order valence-electron chi connectivity index (χ3n) is 5.57. The zero-order chi connectivity index (χ0) is 22.5. The second-order valence-electron chi connectivity index (χ2n) is 8.09. The SMILES string of the molecule is Cc1cc(NC(=O)c2ccccc2Cl)sc1C(=O)NC1CCCN(Cc2ccccc2)C1. The van der Waals surface area contributed by atoms with Gasteiger partial charge < -0.3 is 10.6 Å². The number of hydrogen-bond donors (Lipinski definition) is 2. The van der Waals surface area contributed by atoms with Gasteiger partial charge in [-0.1, -0.05) is 54.1 Å². The molecule has 32 heavy (non-hydrogen) atoms. The Balaban J connectivity index is 1.37. The molecule has 1 atom stereocenters. The highest BCUT2D eigenvalue weighted by Crippen LogP contribution is 2.28. The molecule has 2 aromatic carbocycles. The van der Waals surface area contributed by atoms with Crippen molar-refractivity contribution in [3.63, 3.8) is 0 Å². The van der Waals surface area contributed by atoms with Crippen molar-refractivity contribution in [1.82, 2.24) is 10.2 Å². The van der Waals surface area contributed by atoms with E-state index in [1.165, 1.54) is 16.9 Å². The lowest BCUT2D eigenvalue weighted by Crippen LogP contribution is -2.47. The highest BCUT2D eigenvalue weighted by atomic mass is 35.5. The summed E-state index contributed by atoms with van der Waals surface area (Å²) in [5, 5.41) is 7.08. The predicted molar refractivity (Wildman–Crippen MR) is 131 cm³/mol. The Bertz CT molecular complexity index is 1100. The van der Waals surface area contributed by atoms with Crippen LogP contribution in [0.25, 0.3) is 0 Å². The lowest BCUT2D eigenvalue weighted by molar-refractivity contribution is 0.0903. The van der Waals surface area contributed by atoms with Crippen molar-refractivity contribution in [2.45, 2.75) is 32.4 Å². The third kappa shape index (κ3) is 5.57. The van der Waals surface area contributed by atoms with E-state index in [0.717, 1.165) is 38.0 Å². The molecule has 166 valence electrons. The minimum absolute atomic E-state index is 0.0858. The summed E-state index contributed by atoms with van der Waals surface area (Å²) in [7, 11) is 0. The van der Waals surface area contributed by atoms with Gasteiger partial charge in [0.05, 0.1) is 20.5 Å². The van der Waals surface area contributed by atoms with Crippen LogP contribution in [0.1, 0.15) is 44.0 Å². The monoisotopic (exact) mass is 467 g/mol. The van der Waals surface area contributed by atoms with Crippen LogP contribution < -0.4 is 10.6 Å². The van der Waals surface area contributed by atoms with Crippen LogP contribution in [0.5, 0.6) is 0 Å². The van der Waals surface area contributed by atoms with Crippen LogP contribution in [0.3, 0.4) is 0 Å². The molecule has 2 amide bonds. The molecule has 5 nitrogen and oxygen atoms in total. The third-order valence-corrected chi connectivity index (χ3v) is 7.05. The van der Waals surface area contributed by atoms with Gasteiger partial charge in [-0.05, 0) is 55.6 Å². The van der Waals surface area contributed by atoms with Crippen molar-refractivity contribution in [1.29, 1.82) is 0 Å². The molecule has 0 radical (unpaired) electrons. The number of halogens is 1. The minimum atomic E-state index is -0.285. The average Bonchev–Trinajstić information content (AvgIpc) is 3.15. The largest absolute Gasteiger partial charge is 0.347 e. The summed E-state index contributed by atoms with van der Waals surface area (Å²) in [6, 6.07) is 19.3. The molecule has 4 rings (SSSR count). The van der Waals surface area contributed by atoms with E-state index in [4.69, 9.17) is 11.6 Å². The summed E-state index contributed by atoms with van der Waals surface area (Å²) < 4.78 is 0. The summed E-state index contributed by atoms with van der Waals surface area (Å²) in [5.74, 6) is -0.370. The van der Waals surface area contributed by atoms with Crippen molar-refractivity contribution in [3.05, 3.63) is 87.3 Å². The van der Waals surface area contributed by atoms with Gasteiger partial charge in [-0.2, -0.15) is 0 Å². The molecule has 1 saturated heterocycles. The first-order chi connectivity index (χ1) is 15.5. The van der Waals surface area contributed by atoms with Crippen molar-refractivity contribution in [3.8, 4) is 0 Å². The number of likely N-dealkylation sites (tertiary alicyclic amines) is 1. The molecule has 1 aliphatic heterocycles. The number of benzene rings is 2. The second kappa shape index (κ2) is 10.3. The number of piperidine rings is 1.